The second-order valence-electron chi connectivity index (χ2n) is 6.41. The highest BCUT2D eigenvalue weighted by atomic mass is 16.5. The van der Waals surface area contributed by atoms with Crippen LogP contribution in [-0.2, 0) is 9.53 Å². The summed E-state index contributed by atoms with van der Waals surface area (Å²) in [6, 6.07) is 7.18. The van der Waals surface area contributed by atoms with Crippen LogP contribution in [0.5, 0.6) is 0 Å². The van der Waals surface area contributed by atoms with Gasteiger partial charge in [-0.2, -0.15) is 0 Å². The van der Waals surface area contributed by atoms with Gasteiger partial charge in [0.15, 0.2) is 5.78 Å². The Morgan fingerprint density at radius 2 is 1.86 bits per heavy atom. The molecule has 0 N–H and O–H groups in total. The van der Waals surface area contributed by atoms with E-state index in [1.807, 2.05) is 18.2 Å². The van der Waals surface area contributed by atoms with Crippen LogP contribution in [0.1, 0.15) is 49.5 Å². The lowest BCUT2D eigenvalue weighted by Gasteiger charge is -2.30. The van der Waals surface area contributed by atoms with Gasteiger partial charge in [0, 0.05) is 5.92 Å². The lowest BCUT2D eigenvalue weighted by Crippen LogP contribution is -2.30. The van der Waals surface area contributed by atoms with Crippen molar-refractivity contribution in [2.75, 3.05) is 7.11 Å². The molecule has 1 fully saturated rings. The quantitative estimate of drug-likeness (QED) is 0.623. The highest BCUT2D eigenvalue weighted by molar-refractivity contribution is 6.02. The third kappa shape index (κ3) is 3.46. The summed E-state index contributed by atoms with van der Waals surface area (Å²) in [6.07, 6.45) is 4.01. The first-order valence-corrected chi connectivity index (χ1v) is 7.88. The Morgan fingerprint density at radius 1 is 1.23 bits per heavy atom. The Balaban J connectivity index is 2.26. The average molecular weight is 300 g/mol. The van der Waals surface area contributed by atoms with Crippen molar-refractivity contribution >= 4 is 17.8 Å². The fourth-order valence-electron chi connectivity index (χ4n) is 3.04. The van der Waals surface area contributed by atoms with E-state index in [2.05, 4.69) is 20.8 Å². The summed E-state index contributed by atoms with van der Waals surface area (Å²) < 4.78 is 4.69. The highest BCUT2D eigenvalue weighted by Gasteiger charge is 2.32. The van der Waals surface area contributed by atoms with Crippen LogP contribution in [-0.4, -0.2) is 18.9 Å². The van der Waals surface area contributed by atoms with Crippen molar-refractivity contribution in [2.45, 2.75) is 33.6 Å². The fraction of sp³-hybridized carbons (Fsp3) is 0.474. The zero-order valence-corrected chi connectivity index (χ0v) is 13.8. The van der Waals surface area contributed by atoms with Crippen molar-refractivity contribution in [1.82, 2.24) is 0 Å². The second kappa shape index (κ2) is 6.91. The van der Waals surface area contributed by atoms with E-state index < -0.39 is 0 Å². The summed E-state index contributed by atoms with van der Waals surface area (Å²) in [7, 11) is 1.37. The molecule has 3 nitrogen and oxygen atoms in total. The van der Waals surface area contributed by atoms with E-state index in [1.54, 1.807) is 12.1 Å². The number of benzene rings is 1. The number of methoxy groups -OCH3 is 1. The van der Waals surface area contributed by atoms with E-state index in [0.29, 0.717) is 17.4 Å². The van der Waals surface area contributed by atoms with Crippen LogP contribution in [0.15, 0.2) is 29.8 Å². The molecule has 0 unspecified atom stereocenters. The van der Waals surface area contributed by atoms with Crippen molar-refractivity contribution in [1.29, 1.82) is 0 Å². The average Bonchev–Trinajstić information content (AvgIpc) is 2.50. The number of esters is 1. The van der Waals surface area contributed by atoms with Crippen LogP contribution in [0.4, 0.5) is 0 Å². The number of Topliss-reactive ketones (excluding diaryl/α,β-unsaturated/α-hetero) is 1. The molecule has 3 heteroatoms. The maximum Gasteiger partial charge on any atom is 0.337 e. The first-order valence-electron chi connectivity index (χ1n) is 7.88. The summed E-state index contributed by atoms with van der Waals surface area (Å²) in [5.41, 5.74) is 2.38. The summed E-state index contributed by atoms with van der Waals surface area (Å²) >= 11 is 0. The van der Waals surface area contributed by atoms with E-state index in [0.717, 1.165) is 24.0 Å². The van der Waals surface area contributed by atoms with Gasteiger partial charge >= 0.3 is 5.97 Å². The largest absolute Gasteiger partial charge is 0.465 e. The summed E-state index contributed by atoms with van der Waals surface area (Å²) in [4.78, 5) is 24.1. The number of ether oxygens (including phenoxy) is 1. The lowest BCUT2D eigenvalue weighted by molar-refractivity contribution is -0.122. The first kappa shape index (κ1) is 16.5. The Kier molecular flexibility index (Phi) is 5.17. The molecule has 0 heterocycles. The van der Waals surface area contributed by atoms with Crippen LogP contribution < -0.4 is 0 Å². The number of hydrogen-bond donors (Lipinski definition) is 0. The standard InChI is InChI=1S/C19H24O3/c1-12(2)16-10-5-13(3)17(18(16)20)11-14-6-8-15(9-7-14)19(21)22-4/h6-9,11-13,16H,5,10H2,1-4H3/b17-11+/t13-,16+/m1/s1. The van der Waals surface area contributed by atoms with Crippen molar-refractivity contribution in [3.05, 3.63) is 41.0 Å². The topological polar surface area (TPSA) is 43.4 Å². The van der Waals surface area contributed by atoms with Crippen LogP contribution in [0.2, 0.25) is 0 Å². The van der Waals surface area contributed by atoms with Gasteiger partial charge in [0.2, 0.25) is 0 Å². The summed E-state index contributed by atoms with van der Waals surface area (Å²) in [5.74, 6) is 0.747. The molecule has 1 aromatic rings. The molecule has 0 aliphatic heterocycles. The molecule has 2 rings (SSSR count). The van der Waals surface area contributed by atoms with Gasteiger partial charge in [-0.15, -0.1) is 0 Å². The molecule has 2 atom stereocenters. The Bertz CT molecular complexity index is 581. The number of allylic oxidation sites excluding steroid dienone is 1. The Hall–Kier alpha value is -1.90. The maximum absolute atomic E-state index is 12.7. The van der Waals surface area contributed by atoms with Crippen LogP contribution >= 0.6 is 0 Å². The molecule has 0 aromatic heterocycles. The van der Waals surface area contributed by atoms with Gasteiger partial charge < -0.3 is 4.74 Å². The highest BCUT2D eigenvalue weighted by Crippen LogP contribution is 2.35. The summed E-state index contributed by atoms with van der Waals surface area (Å²) in [6.45, 7) is 6.34. The summed E-state index contributed by atoms with van der Waals surface area (Å²) in [5, 5.41) is 0. The smallest absolute Gasteiger partial charge is 0.337 e. The zero-order chi connectivity index (χ0) is 16.3. The van der Waals surface area contributed by atoms with Crippen LogP contribution in [0.25, 0.3) is 6.08 Å². The lowest BCUT2D eigenvalue weighted by atomic mass is 9.73. The van der Waals surface area contributed by atoms with Crippen molar-refractivity contribution in [2.24, 2.45) is 17.8 Å². The zero-order valence-electron chi connectivity index (χ0n) is 13.8. The van der Waals surface area contributed by atoms with Gasteiger partial charge in [0.25, 0.3) is 0 Å². The number of carbonyl (C=O) groups excluding carboxylic acids is 2. The molecule has 0 spiro atoms. The molecule has 0 saturated heterocycles. The molecular weight excluding hydrogens is 276 g/mol. The molecular formula is C19H24O3. The minimum Gasteiger partial charge on any atom is -0.465 e. The maximum atomic E-state index is 12.7. The monoisotopic (exact) mass is 300 g/mol. The normalized spacial score (nSPS) is 23.9. The van der Waals surface area contributed by atoms with E-state index in [-0.39, 0.29) is 17.7 Å². The van der Waals surface area contributed by atoms with E-state index in [4.69, 9.17) is 4.74 Å². The minimum atomic E-state index is -0.346. The molecule has 1 aliphatic rings. The second-order valence-corrected chi connectivity index (χ2v) is 6.41. The van der Waals surface area contributed by atoms with Gasteiger partial charge in [-0.3, -0.25) is 4.79 Å². The molecule has 1 aliphatic carbocycles. The Morgan fingerprint density at radius 3 is 2.41 bits per heavy atom. The number of ketones is 1. The Labute approximate surface area is 132 Å². The molecule has 1 aromatic carbocycles. The van der Waals surface area contributed by atoms with E-state index in [9.17, 15) is 9.59 Å². The fourth-order valence-corrected chi connectivity index (χ4v) is 3.04. The van der Waals surface area contributed by atoms with Crippen molar-refractivity contribution < 1.29 is 14.3 Å². The predicted molar refractivity (Wildman–Crippen MR) is 87.5 cm³/mol. The van der Waals surface area contributed by atoms with Gasteiger partial charge in [0.05, 0.1) is 12.7 Å². The number of rotatable bonds is 3. The predicted octanol–water partition coefficient (Wildman–Crippen LogP) is 4.13. The van der Waals surface area contributed by atoms with Crippen LogP contribution in [0, 0.1) is 17.8 Å². The van der Waals surface area contributed by atoms with Gasteiger partial charge in [-0.25, -0.2) is 4.79 Å². The molecule has 22 heavy (non-hydrogen) atoms. The van der Waals surface area contributed by atoms with Gasteiger partial charge in [-0.05, 0) is 54.0 Å². The van der Waals surface area contributed by atoms with Gasteiger partial charge in [0.1, 0.15) is 0 Å². The number of hydrogen-bond acceptors (Lipinski definition) is 3. The molecule has 0 bridgehead atoms. The molecule has 1 saturated carbocycles. The molecule has 118 valence electrons. The third-order valence-corrected chi connectivity index (χ3v) is 4.52. The van der Waals surface area contributed by atoms with Gasteiger partial charge in [-0.1, -0.05) is 32.9 Å². The van der Waals surface area contributed by atoms with Crippen molar-refractivity contribution in [3.8, 4) is 0 Å². The SMILES string of the molecule is COC(=O)c1ccc(/C=C2/C(=O)[C@H](C(C)C)CC[C@H]2C)cc1. The molecule has 0 radical (unpaired) electrons. The first-order chi connectivity index (χ1) is 10.4. The molecule has 0 amide bonds. The minimum absolute atomic E-state index is 0.136. The third-order valence-electron chi connectivity index (χ3n) is 4.52. The van der Waals surface area contributed by atoms with E-state index in [1.165, 1.54) is 7.11 Å². The number of carbonyl (C=O) groups is 2. The van der Waals surface area contributed by atoms with Crippen molar-refractivity contribution in [3.63, 3.8) is 0 Å². The van der Waals surface area contributed by atoms with Crippen LogP contribution in [0.3, 0.4) is 0 Å². The van der Waals surface area contributed by atoms with E-state index >= 15 is 0 Å².